The fraction of sp³-hybridized carbons (Fsp3) is 0.929. The molecule has 0 bridgehead atoms. The van der Waals surface area contributed by atoms with Crippen LogP contribution in [0.5, 0.6) is 0 Å². The van der Waals surface area contributed by atoms with Gasteiger partial charge in [0.15, 0.2) is 0 Å². The van der Waals surface area contributed by atoms with E-state index in [1.165, 1.54) is 38.5 Å². The van der Waals surface area contributed by atoms with Gasteiger partial charge in [0.1, 0.15) is 0 Å². The Morgan fingerprint density at radius 2 is 1.88 bits per heavy atom. The second-order valence-corrected chi connectivity index (χ2v) is 5.55. The van der Waals surface area contributed by atoms with Crippen LogP contribution in [-0.4, -0.2) is 30.4 Å². The van der Waals surface area contributed by atoms with Crippen LogP contribution >= 0.6 is 0 Å². The number of nitrogens with two attached hydrogens (primary N) is 1. The Morgan fingerprint density at radius 1 is 1.24 bits per heavy atom. The summed E-state index contributed by atoms with van der Waals surface area (Å²) in [5, 5.41) is 7.18. The van der Waals surface area contributed by atoms with E-state index in [9.17, 15) is 0 Å². The van der Waals surface area contributed by atoms with Crippen LogP contribution in [0.15, 0.2) is 0 Å². The van der Waals surface area contributed by atoms with Crippen LogP contribution in [0.4, 0.5) is 0 Å². The van der Waals surface area contributed by atoms with Gasteiger partial charge in [0, 0.05) is 12.5 Å². The summed E-state index contributed by atoms with van der Waals surface area (Å²) in [6.07, 6.45) is 9.93. The number of rotatable bonds is 7. The van der Waals surface area contributed by atoms with Crippen molar-refractivity contribution >= 4 is 5.84 Å². The predicted molar refractivity (Wildman–Crippen MR) is 74.4 cm³/mol. The average molecular weight is 239 g/mol. The van der Waals surface area contributed by atoms with Gasteiger partial charge >= 0.3 is 0 Å². The summed E-state index contributed by atoms with van der Waals surface area (Å²) in [5.41, 5.74) is 5.35. The van der Waals surface area contributed by atoms with Crippen LogP contribution in [-0.2, 0) is 0 Å². The Morgan fingerprint density at radius 3 is 2.41 bits per heavy atom. The zero-order valence-electron chi connectivity index (χ0n) is 11.5. The van der Waals surface area contributed by atoms with Gasteiger partial charge in [-0.2, -0.15) is 0 Å². The van der Waals surface area contributed by atoms with E-state index in [2.05, 4.69) is 18.9 Å². The fourth-order valence-corrected chi connectivity index (χ4v) is 2.85. The summed E-state index contributed by atoms with van der Waals surface area (Å²) in [6.45, 7) is 3.48. The van der Waals surface area contributed by atoms with Crippen molar-refractivity contribution in [3.63, 3.8) is 0 Å². The number of nitrogens with one attached hydrogen (secondary N) is 1. The van der Waals surface area contributed by atoms with Crippen LogP contribution in [0.3, 0.4) is 0 Å². The number of amidine groups is 1. The molecule has 1 aliphatic carbocycles. The smallest absolute Gasteiger partial charge is 0.0905 e. The molecule has 0 spiro atoms. The molecule has 0 radical (unpaired) electrons. The van der Waals surface area contributed by atoms with E-state index in [-0.39, 0.29) is 0 Å². The molecule has 0 amide bonds. The van der Waals surface area contributed by atoms with E-state index >= 15 is 0 Å². The zero-order chi connectivity index (χ0) is 12.7. The highest BCUT2D eigenvalue weighted by Crippen LogP contribution is 2.28. The minimum Gasteiger partial charge on any atom is -0.388 e. The highest BCUT2D eigenvalue weighted by Gasteiger charge is 2.22. The Balaban J connectivity index is 2.11. The van der Waals surface area contributed by atoms with Gasteiger partial charge in [0.05, 0.1) is 5.84 Å². The van der Waals surface area contributed by atoms with Gasteiger partial charge in [0.2, 0.25) is 0 Å². The Hall–Kier alpha value is -0.570. The second-order valence-electron chi connectivity index (χ2n) is 5.55. The van der Waals surface area contributed by atoms with Crippen molar-refractivity contribution in [3.8, 4) is 0 Å². The monoisotopic (exact) mass is 239 g/mol. The van der Waals surface area contributed by atoms with E-state index in [4.69, 9.17) is 11.1 Å². The largest absolute Gasteiger partial charge is 0.388 e. The van der Waals surface area contributed by atoms with E-state index in [1.807, 2.05) is 0 Å². The van der Waals surface area contributed by atoms with Crippen molar-refractivity contribution in [2.24, 2.45) is 11.7 Å². The summed E-state index contributed by atoms with van der Waals surface area (Å²) >= 11 is 0. The topological polar surface area (TPSA) is 53.1 Å². The zero-order valence-corrected chi connectivity index (χ0v) is 11.5. The van der Waals surface area contributed by atoms with E-state index in [0.29, 0.717) is 5.84 Å². The van der Waals surface area contributed by atoms with Gasteiger partial charge in [-0.25, -0.2) is 0 Å². The molecule has 1 aliphatic rings. The Kier molecular flexibility index (Phi) is 6.56. The van der Waals surface area contributed by atoms with Crippen molar-refractivity contribution in [3.05, 3.63) is 0 Å². The molecule has 0 aromatic carbocycles. The van der Waals surface area contributed by atoms with Gasteiger partial charge in [0.25, 0.3) is 0 Å². The maximum absolute atomic E-state index is 7.18. The van der Waals surface area contributed by atoms with Crippen LogP contribution in [0.25, 0.3) is 0 Å². The van der Waals surface area contributed by atoms with Crippen LogP contribution < -0.4 is 5.73 Å². The lowest BCUT2D eigenvalue weighted by atomic mass is 9.84. The minimum absolute atomic E-state index is 0.330. The lowest BCUT2D eigenvalue weighted by Gasteiger charge is -2.34. The average Bonchev–Trinajstić information content (AvgIpc) is 2.34. The van der Waals surface area contributed by atoms with E-state index < -0.39 is 0 Å². The number of unbranched alkanes of at least 4 members (excludes halogenated alkanes) is 1. The molecule has 1 saturated carbocycles. The van der Waals surface area contributed by atoms with Crippen molar-refractivity contribution < 1.29 is 0 Å². The van der Waals surface area contributed by atoms with Crippen LogP contribution in [0.2, 0.25) is 0 Å². The quantitative estimate of drug-likeness (QED) is 0.408. The van der Waals surface area contributed by atoms with Crippen molar-refractivity contribution in [1.82, 2.24) is 4.90 Å². The van der Waals surface area contributed by atoms with Crippen molar-refractivity contribution in [1.29, 1.82) is 5.41 Å². The SMILES string of the molecule is CCC1CCC(N(C)CCCCC(=N)N)CC1. The molecule has 0 aromatic heterocycles. The molecule has 3 N–H and O–H groups in total. The summed E-state index contributed by atoms with van der Waals surface area (Å²) in [6, 6.07) is 0.801. The molecule has 0 unspecified atom stereocenters. The van der Waals surface area contributed by atoms with Crippen molar-refractivity contribution in [2.45, 2.75) is 64.3 Å². The third kappa shape index (κ3) is 5.53. The first kappa shape index (κ1) is 14.5. The first-order valence-corrected chi connectivity index (χ1v) is 7.16. The second kappa shape index (κ2) is 7.70. The maximum atomic E-state index is 7.18. The van der Waals surface area contributed by atoms with Gasteiger partial charge in [-0.3, -0.25) is 5.41 Å². The van der Waals surface area contributed by atoms with E-state index in [0.717, 1.165) is 31.3 Å². The van der Waals surface area contributed by atoms with Crippen LogP contribution in [0, 0.1) is 11.3 Å². The molecular weight excluding hydrogens is 210 g/mol. The molecular formula is C14H29N3. The molecule has 0 saturated heterocycles. The number of hydrogen-bond acceptors (Lipinski definition) is 2. The summed E-state index contributed by atoms with van der Waals surface area (Å²) in [5.74, 6) is 1.31. The first-order valence-electron chi connectivity index (χ1n) is 7.16. The lowest BCUT2D eigenvalue weighted by Crippen LogP contribution is -2.35. The molecule has 3 heteroatoms. The highest BCUT2D eigenvalue weighted by atomic mass is 15.1. The highest BCUT2D eigenvalue weighted by molar-refractivity contribution is 5.76. The molecule has 0 heterocycles. The van der Waals surface area contributed by atoms with E-state index in [1.54, 1.807) is 0 Å². The predicted octanol–water partition coefficient (Wildman–Crippen LogP) is 2.99. The fourth-order valence-electron chi connectivity index (χ4n) is 2.85. The third-order valence-corrected chi connectivity index (χ3v) is 4.22. The van der Waals surface area contributed by atoms with Gasteiger partial charge < -0.3 is 10.6 Å². The lowest BCUT2D eigenvalue weighted by molar-refractivity contribution is 0.161. The third-order valence-electron chi connectivity index (χ3n) is 4.22. The summed E-state index contributed by atoms with van der Waals surface area (Å²) in [4.78, 5) is 2.52. The molecule has 3 nitrogen and oxygen atoms in total. The summed E-state index contributed by atoms with van der Waals surface area (Å²) in [7, 11) is 2.25. The number of hydrogen-bond donors (Lipinski definition) is 2. The van der Waals surface area contributed by atoms with Gasteiger partial charge in [-0.05, 0) is 58.0 Å². The van der Waals surface area contributed by atoms with Crippen LogP contribution in [0.1, 0.15) is 58.3 Å². The number of nitrogens with zero attached hydrogens (tertiary/aromatic N) is 1. The standard InChI is InChI=1S/C14H29N3/c1-3-12-7-9-13(10-8-12)17(2)11-5-4-6-14(15)16/h12-13H,3-11H2,1-2H3,(H3,15,16). The normalized spacial score (nSPS) is 25.1. The van der Waals surface area contributed by atoms with Crippen molar-refractivity contribution in [2.75, 3.05) is 13.6 Å². The minimum atomic E-state index is 0.330. The maximum Gasteiger partial charge on any atom is 0.0905 e. The molecule has 0 atom stereocenters. The molecule has 17 heavy (non-hydrogen) atoms. The molecule has 100 valence electrons. The molecule has 1 rings (SSSR count). The molecule has 0 aliphatic heterocycles. The first-order chi connectivity index (χ1) is 8.13. The summed E-state index contributed by atoms with van der Waals surface area (Å²) < 4.78 is 0. The Bertz CT molecular complexity index is 220. The van der Waals surface area contributed by atoms with Gasteiger partial charge in [-0.15, -0.1) is 0 Å². The molecule has 1 fully saturated rings. The molecule has 0 aromatic rings. The van der Waals surface area contributed by atoms with Gasteiger partial charge in [-0.1, -0.05) is 13.3 Å². The Labute approximate surface area is 106 Å².